The van der Waals surface area contributed by atoms with Crippen LogP contribution in [0.25, 0.3) is 0 Å². The van der Waals surface area contributed by atoms with Gasteiger partial charge in [0.05, 0.1) is 4.92 Å². The molecule has 0 aromatic heterocycles. The van der Waals surface area contributed by atoms with Crippen LogP contribution in [-0.2, 0) is 4.79 Å². The topological polar surface area (TPSA) is 83.7 Å². The van der Waals surface area contributed by atoms with Crippen LogP contribution in [0.4, 0.5) is 11.4 Å². The summed E-state index contributed by atoms with van der Waals surface area (Å²) in [6.45, 7) is 1.58. The predicted molar refractivity (Wildman–Crippen MR) is 58.7 cm³/mol. The van der Waals surface area contributed by atoms with Crippen LogP contribution >= 0.6 is 0 Å². The van der Waals surface area contributed by atoms with Crippen LogP contribution in [0.5, 0.6) is 0 Å². The summed E-state index contributed by atoms with van der Waals surface area (Å²) in [5, 5.41) is 19.2. The minimum Gasteiger partial charge on any atom is -0.480 e. The molecule has 1 aromatic carbocycles. The average Bonchev–Trinajstić information content (AvgIpc) is 2.16. The molecule has 0 saturated carbocycles. The first-order valence-corrected chi connectivity index (χ1v) is 4.60. The Kier molecular flexibility index (Phi) is 3.44. The Morgan fingerprint density at radius 2 is 2.19 bits per heavy atom. The summed E-state index contributed by atoms with van der Waals surface area (Å²) in [4.78, 5) is 22.1. The van der Waals surface area contributed by atoms with Crippen LogP contribution in [0.1, 0.15) is 5.56 Å². The minimum atomic E-state index is -0.978. The van der Waals surface area contributed by atoms with Crippen molar-refractivity contribution >= 4 is 17.3 Å². The zero-order valence-electron chi connectivity index (χ0n) is 9.01. The Bertz CT molecular complexity index is 431. The van der Waals surface area contributed by atoms with Gasteiger partial charge in [0.2, 0.25) is 0 Å². The Hall–Kier alpha value is -2.11. The largest absolute Gasteiger partial charge is 0.480 e. The van der Waals surface area contributed by atoms with Crippen molar-refractivity contribution in [2.75, 3.05) is 18.5 Å². The van der Waals surface area contributed by atoms with E-state index in [1.165, 1.54) is 17.0 Å². The molecule has 16 heavy (non-hydrogen) atoms. The van der Waals surface area contributed by atoms with Gasteiger partial charge in [-0.05, 0) is 12.5 Å². The van der Waals surface area contributed by atoms with Crippen molar-refractivity contribution < 1.29 is 14.8 Å². The molecule has 0 heterocycles. The van der Waals surface area contributed by atoms with Crippen molar-refractivity contribution in [2.24, 2.45) is 0 Å². The molecule has 6 heteroatoms. The molecule has 0 unspecified atom stereocenters. The summed E-state index contributed by atoms with van der Waals surface area (Å²) in [5.41, 5.74) is 1.31. The van der Waals surface area contributed by atoms with Crippen LogP contribution in [-0.4, -0.2) is 29.6 Å². The van der Waals surface area contributed by atoms with Gasteiger partial charge in [0.25, 0.3) is 5.69 Å². The molecular formula is C10H12N2O4. The standard InChI is InChI=1S/C10H12N2O4/c1-7-3-4-8(12(15)16)5-9(7)11(2)6-10(13)14/h3-5H,6H2,1-2H3,(H,13,14). The number of carboxylic acid groups (broad SMARTS) is 1. The summed E-state index contributed by atoms with van der Waals surface area (Å²) in [5.74, 6) is -0.978. The fraction of sp³-hybridized carbons (Fsp3) is 0.300. The highest BCUT2D eigenvalue weighted by Gasteiger charge is 2.13. The van der Waals surface area contributed by atoms with Crippen molar-refractivity contribution in [3.63, 3.8) is 0 Å². The second kappa shape index (κ2) is 4.61. The van der Waals surface area contributed by atoms with E-state index in [0.717, 1.165) is 5.56 Å². The number of carbonyl (C=O) groups is 1. The number of nitro benzene ring substituents is 1. The monoisotopic (exact) mass is 224 g/mol. The summed E-state index contributed by atoms with van der Waals surface area (Å²) in [7, 11) is 1.58. The van der Waals surface area contributed by atoms with Gasteiger partial charge in [-0.15, -0.1) is 0 Å². The number of nitrogens with zero attached hydrogens (tertiary/aromatic N) is 2. The number of anilines is 1. The molecule has 0 atom stereocenters. The van der Waals surface area contributed by atoms with Crippen molar-refractivity contribution in [2.45, 2.75) is 6.92 Å². The smallest absolute Gasteiger partial charge is 0.323 e. The van der Waals surface area contributed by atoms with Crippen molar-refractivity contribution in [3.8, 4) is 0 Å². The second-order valence-electron chi connectivity index (χ2n) is 3.48. The molecule has 0 bridgehead atoms. The predicted octanol–water partition coefficient (Wildman–Crippen LogP) is 1.42. The van der Waals surface area contributed by atoms with Crippen molar-refractivity contribution in [1.82, 2.24) is 0 Å². The van der Waals surface area contributed by atoms with Gasteiger partial charge >= 0.3 is 5.97 Å². The first-order chi connectivity index (χ1) is 7.41. The molecule has 0 radical (unpaired) electrons. The minimum absolute atomic E-state index is 0.0437. The average molecular weight is 224 g/mol. The van der Waals surface area contributed by atoms with E-state index in [4.69, 9.17) is 5.11 Å². The summed E-state index contributed by atoms with van der Waals surface area (Å²) >= 11 is 0. The quantitative estimate of drug-likeness (QED) is 0.617. The highest BCUT2D eigenvalue weighted by Crippen LogP contribution is 2.24. The van der Waals surface area contributed by atoms with Crippen LogP contribution in [0, 0.1) is 17.0 Å². The fourth-order valence-corrected chi connectivity index (χ4v) is 1.41. The molecule has 0 spiro atoms. The lowest BCUT2D eigenvalue weighted by atomic mass is 10.1. The summed E-state index contributed by atoms with van der Waals surface area (Å²) < 4.78 is 0. The lowest BCUT2D eigenvalue weighted by Crippen LogP contribution is -2.25. The number of carboxylic acids is 1. The SMILES string of the molecule is Cc1ccc([N+](=O)[O-])cc1N(C)CC(=O)O. The van der Waals surface area contributed by atoms with E-state index >= 15 is 0 Å². The van der Waals surface area contributed by atoms with Crippen LogP contribution in [0.3, 0.4) is 0 Å². The Morgan fingerprint density at radius 1 is 1.56 bits per heavy atom. The molecule has 0 aliphatic rings. The third-order valence-corrected chi connectivity index (χ3v) is 2.19. The molecule has 0 aliphatic heterocycles. The van der Waals surface area contributed by atoms with Crippen molar-refractivity contribution in [1.29, 1.82) is 0 Å². The number of nitro groups is 1. The number of aliphatic carboxylic acids is 1. The van der Waals surface area contributed by atoms with Gasteiger partial charge in [-0.1, -0.05) is 6.07 Å². The molecule has 0 amide bonds. The number of hydrogen-bond donors (Lipinski definition) is 1. The molecule has 86 valence electrons. The molecule has 1 N–H and O–H groups in total. The van der Waals surface area contributed by atoms with Gasteiger partial charge in [0.1, 0.15) is 6.54 Å². The van der Waals surface area contributed by atoms with Crippen LogP contribution in [0.15, 0.2) is 18.2 Å². The zero-order valence-corrected chi connectivity index (χ0v) is 9.01. The van der Waals surface area contributed by atoms with Crippen LogP contribution < -0.4 is 4.90 Å². The zero-order chi connectivity index (χ0) is 12.3. The third-order valence-electron chi connectivity index (χ3n) is 2.19. The fourth-order valence-electron chi connectivity index (χ4n) is 1.41. The first kappa shape index (κ1) is 12.0. The van der Waals surface area contributed by atoms with Gasteiger partial charge < -0.3 is 10.0 Å². The number of rotatable bonds is 4. The maximum Gasteiger partial charge on any atom is 0.323 e. The molecule has 1 rings (SSSR count). The maximum atomic E-state index is 10.6. The summed E-state index contributed by atoms with van der Waals surface area (Å²) in [6, 6.07) is 4.37. The Morgan fingerprint density at radius 3 is 2.69 bits per heavy atom. The second-order valence-corrected chi connectivity index (χ2v) is 3.48. The molecule has 0 fully saturated rings. The normalized spacial score (nSPS) is 9.88. The van der Waals surface area contributed by atoms with Gasteiger partial charge in [-0.2, -0.15) is 0 Å². The number of hydrogen-bond acceptors (Lipinski definition) is 4. The van der Waals surface area contributed by atoms with E-state index < -0.39 is 10.9 Å². The van der Waals surface area contributed by atoms with Gasteiger partial charge in [-0.25, -0.2) is 0 Å². The molecule has 1 aromatic rings. The van der Waals surface area contributed by atoms with E-state index in [1.54, 1.807) is 20.0 Å². The molecular weight excluding hydrogens is 212 g/mol. The van der Waals surface area contributed by atoms with Crippen LogP contribution in [0.2, 0.25) is 0 Å². The third kappa shape index (κ3) is 2.69. The Balaban J connectivity index is 3.06. The maximum absolute atomic E-state index is 10.6. The van der Waals surface area contributed by atoms with E-state index in [-0.39, 0.29) is 12.2 Å². The van der Waals surface area contributed by atoms with Gasteiger partial charge in [0.15, 0.2) is 0 Å². The molecule has 0 saturated heterocycles. The van der Waals surface area contributed by atoms with E-state index in [2.05, 4.69) is 0 Å². The first-order valence-electron chi connectivity index (χ1n) is 4.60. The van der Waals surface area contributed by atoms with Gasteiger partial charge in [0, 0.05) is 24.9 Å². The lowest BCUT2D eigenvalue weighted by molar-refractivity contribution is -0.384. The number of aryl methyl sites for hydroxylation is 1. The van der Waals surface area contributed by atoms with Gasteiger partial charge in [-0.3, -0.25) is 14.9 Å². The highest BCUT2D eigenvalue weighted by molar-refractivity contribution is 5.74. The molecule has 6 nitrogen and oxygen atoms in total. The molecule has 0 aliphatic carbocycles. The van der Waals surface area contributed by atoms with E-state index in [9.17, 15) is 14.9 Å². The highest BCUT2D eigenvalue weighted by atomic mass is 16.6. The number of likely N-dealkylation sites (N-methyl/N-ethyl adjacent to an activating group) is 1. The number of non-ortho nitro benzene ring substituents is 1. The summed E-state index contributed by atoms with van der Waals surface area (Å²) in [6.07, 6.45) is 0. The number of benzene rings is 1. The van der Waals surface area contributed by atoms with Crippen molar-refractivity contribution in [3.05, 3.63) is 33.9 Å². The lowest BCUT2D eigenvalue weighted by Gasteiger charge is -2.18. The van der Waals surface area contributed by atoms with E-state index in [1.807, 2.05) is 0 Å². The van der Waals surface area contributed by atoms with E-state index in [0.29, 0.717) is 5.69 Å². The Labute approximate surface area is 92.3 Å².